The van der Waals surface area contributed by atoms with Crippen LogP contribution in [0, 0.1) is 0 Å². The number of ether oxygens (including phenoxy) is 2. The lowest BCUT2D eigenvalue weighted by Crippen LogP contribution is -2.14. The molecule has 19 heavy (non-hydrogen) atoms. The van der Waals surface area contributed by atoms with Gasteiger partial charge >= 0.3 is 0 Å². The first-order valence-electron chi connectivity index (χ1n) is 6.29. The Hall–Kier alpha value is -2.00. The van der Waals surface area contributed by atoms with Crippen molar-refractivity contribution < 1.29 is 9.47 Å². The van der Waals surface area contributed by atoms with Crippen molar-refractivity contribution in [3.63, 3.8) is 0 Å². The normalized spacial score (nSPS) is 10.2. The molecule has 3 nitrogen and oxygen atoms in total. The Labute approximate surface area is 114 Å². The molecule has 1 N–H and O–H groups in total. The van der Waals surface area contributed by atoms with Crippen molar-refractivity contribution in [3.05, 3.63) is 59.7 Å². The Bertz CT molecular complexity index is 489. The van der Waals surface area contributed by atoms with Gasteiger partial charge in [-0.3, -0.25) is 0 Å². The summed E-state index contributed by atoms with van der Waals surface area (Å²) in [4.78, 5) is 0. The van der Waals surface area contributed by atoms with Gasteiger partial charge in [-0.1, -0.05) is 36.4 Å². The highest BCUT2D eigenvalue weighted by atomic mass is 16.5. The summed E-state index contributed by atoms with van der Waals surface area (Å²) in [5.41, 5.74) is 2.31. The van der Waals surface area contributed by atoms with Crippen molar-refractivity contribution in [1.82, 2.24) is 5.32 Å². The average molecular weight is 257 g/mol. The highest BCUT2D eigenvalue weighted by molar-refractivity contribution is 5.44. The zero-order valence-corrected chi connectivity index (χ0v) is 11.3. The molecule has 0 atom stereocenters. The summed E-state index contributed by atoms with van der Waals surface area (Å²) in [5.74, 6) is 1.69. The Morgan fingerprint density at radius 3 is 2.00 bits per heavy atom. The predicted molar refractivity (Wildman–Crippen MR) is 76.5 cm³/mol. The molecule has 0 bridgehead atoms. The minimum absolute atomic E-state index is 0.710. The van der Waals surface area contributed by atoms with Crippen LogP contribution in [0.25, 0.3) is 0 Å². The summed E-state index contributed by atoms with van der Waals surface area (Å²) < 4.78 is 10.7. The smallest absolute Gasteiger partial charge is 0.127 e. The number of rotatable bonds is 6. The summed E-state index contributed by atoms with van der Waals surface area (Å²) in [6.45, 7) is 1.53. The van der Waals surface area contributed by atoms with E-state index in [1.807, 2.05) is 36.4 Å². The molecule has 0 unspecified atom stereocenters. The summed E-state index contributed by atoms with van der Waals surface area (Å²) in [7, 11) is 3.35. The zero-order chi connectivity index (χ0) is 13.5. The van der Waals surface area contributed by atoms with Crippen LogP contribution in [-0.4, -0.2) is 14.2 Å². The molecule has 0 aromatic heterocycles. The van der Waals surface area contributed by atoms with Crippen LogP contribution in [0.4, 0.5) is 0 Å². The van der Waals surface area contributed by atoms with Gasteiger partial charge in [-0.05, 0) is 17.7 Å². The monoisotopic (exact) mass is 257 g/mol. The molecule has 0 fully saturated rings. The standard InChI is InChI=1S/C16H19NO2/c1-18-15-9-6-10-16(19-2)14(15)12-17-11-13-7-4-3-5-8-13/h3-10,17H,11-12H2,1-2H3. The molecule has 0 heterocycles. The van der Waals surface area contributed by atoms with E-state index in [1.54, 1.807) is 14.2 Å². The minimum atomic E-state index is 0.710. The molecule has 2 aromatic rings. The summed E-state index contributed by atoms with van der Waals surface area (Å²) in [6.07, 6.45) is 0. The zero-order valence-electron chi connectivity index (χ0n) is 11.3. The van der Waals surface area contributed by atoms with E-state index >= 15 is 0 Å². The first kappa shape index (κ1) is 13.4. The van der Waals surface area contributed by atoms with Gasteiger partial charge in [0, 0.05) is 18.7 Å². The minimum Gasteiger partial charge on any atom is -0.496 e. The van der Waals surface area contributed by atoms with E-state index in [0.29, 0.717) is 6.54 Å². The molecule has 0 radical (unpaired) electrons. The molecule has 3 heteroatoms. The van der Waals surface area contributed by atoms with Gasteiger partial charge in [-0.15, -0.1) is 0 Å². The van der Waals surface area contributed by atoms with Gasteiger partial charge in [0.1, 0.15) is 11.5 Å². The van der Waals surface area contributed by atoms with Crippen molar-refractivity contribution in [1.29, 1.82) is 0 Å². The lowest BCUT2D eigenvalue weighted by molar-refractivity contribution is 0.382. The summed E-state index contributed by atoms with van der Waals surface area (Å²) in [5, 5.41) is 3.41. The maximum Gasteiger partial charge on any atom is 0.127 e. The third-order valence-electron chi connectivity index (χ3n) is 3.00. The average Bonchev–Trinajstić information content (AvgIpc) is 2.48. The second-order valence-electron chi connectivity index (χ2n) is 4.23. The van der Waals surface area contributed by atoms with Crippen LogP contribution in [0.2, 0.25) is 0 Å². The summed E-state index contributed by atoms with van der Waals surface area (Å²) >= 11 is 0. The van der Waals surface area contributed by atoms with E-state index in [4.69, 9.17) is 9.47 Å². The predicted octanol–water partition coefficient (Wildman–Crippen LogP) is 2.99. The number of nitrogens with one attached hydrogen (secondary N) is 1. The SMILES string of the molecule is COc1cccc(OC)c1CNCc1ccccc1. The molecule has 0 amide bonds. The van der Waals surface area contributed by atoms with E-state index in [0.717, 1.165) is 23.6 Å². The number of benzene rings is 2. The quantitative estimate of drug-likeness (QED) is 0.863. The van der Waals surface area contributed by atoms with Gasteiger partial charge in [0.25, 0.3) is 0 Å². The van der Waals surface area contributed by atoms with Crippen LogP contribution < -0.4 is 14.8 Å². The van der Waals surface area contributed by atoms with Gasteiger partial charge < -0.3 is 14.8 Å². The Balaban J connectivity index is 2.02. The van der Waals surface area contributed by atoms with Gasteiger partial charge in [-0.25, -0.2) is 0 Å². The topological polar surface area (TPSA) is 30.5 Å². The van der Waals surface area contributed by atoms with Gasteiger partial charge in [0.05, 0.1) is 14.2 Å². The van der Waals surface area contributed by atoms with Crippen molar-refractivity contribution in [2.24, 2.45) is 0 Å². The highest BCUT2D eigenvalue weighted by Crippen LogP contribution is 2.27. The molecule has 100 valence electrons. The molecule has 0 saturated carbocycles. The Kier molecular flexibility index (Phi) is 4.81. The van der Waals surface area contributed by atoms with Gasteiger partial charge in [-0.2, -0.15) is 0 Å². The van der Waals surface area contributed by atoms with E-state index < -0.39 is 0 Å². The van der Waals surface area contributed by atoms with E-state index in [1.165, 1.54) is 5.56 Å². The largest absolute Gasteiger partial charge is 0.496 e. The van der Waals surface area contributed by atoms with Crippen molar-refractivity contribution >= 4 is 0 Å². The van der Waals surface area contributed by atoms with Gasteiger partial charge in [0.15, 0.2) is 0 Å². The lowest BCUT2D eigenvalue weighted by atomic mass is 10.1. The third kappa shape index (κ3) is 3.48. The Morgan fingerprint density at radius 2 is 1.42 bits per heavy atom. The maximum atomic E-state index is 5.37. The second kappa shape index (κ2) is 6.81. The third-order valence-corrected chi connectivity index (χ3v) is 3.00. The summed E-state index contributed by atoms with van der Waals surface area (Å²) in [6, 6.07) is 16.1. The maximum absolute atomic E-state index is 5.37. The molecule has 2 rings (SSSR count). The number of hydrogen-bond donors (Lipinski definition) is 1. The van der Waals surface area contributed by atoms with Crippen molar-refractivity contribution in [2.75, 3.05) is 14.2 Å². The molecule has 0 saturated heterocycles. The highest BCUT2D eigenvalue weighted by Gasteiger charge is 2.08. The fraction of sp³-hybridized carbons (Fsp3) is 0.250. The molecule has 0 aliphatic rings. The lowest BCUT2D eigenvalue weighted by Gasteiger charge is -2.13. The molecular weight excluding hydrogens is 238 g/mol. The molecule has 2 aromatic carbocycles. The van der Waals surface area contributed by atoms with E-state index in [2.05, 4.69) is 17.4 Å². The van der Waals surface area contributed by atoms with Crippen LogP contribution >= 0.6 is 0 Å². The van der Waals surface area contributed by atoms with Crippen LogP contribution in [-0.2, 0) is 13.1 Å². The van der Waals surface area contributed by atoms with Crippen molar-refractivity contribution in [3.8, 4) is 11.5 Å². The molecule has 0 aliphatic heterocycles. The Morgan fingerprint density at radius 1 is 0.789 bits per heavy atom. The van der Waals surface area contributed by atoms with Crippen LogP contribution in [0.3, 0.4) is 0 Å². The van der Waals surface area contributed by atoms with Gasteiger partial charge in [0.2, 0.25) is 0 Å². The van der Waals surface area contributed by atoms with E-state index in [-0.39, 0.29) is 0 Å². The number of hydrogen-bond acceptors (Lipinski definition) is 3. The van der Waals surface area contributed by atoms with Crippen LogP contribution in [0.5, 0.6) is 11.5 Å². The van der Waals surface area contributed by atoms with Crippen LogP contribution in [0.1, 0.15) is 11.1 Å². The molecular formula is C16H19NO2. The molecule has 0 aliphatic carbocycles. The fourth-order valence-corrected chi connectivity index (χ4v) is 2.03. The second-order valence-corrected chi connectivity index (χ2v) is 4.23. The van der Waals surface area contributed by atoms with Crippen molar-refractivity contribution in [2.45, 2.75) is 13.1 Å². The van der Waals surface area contributed by atoms with Crippen LogP contribution in [0.15, 0.2) is 48.5 Å². The fourth-order valence-electron chi connectivity index (χ4n) is 2.03. The molecule has 0 spiro atoms. The first-order chi connectivity index (χ1) is 9.35. The number of methoxy groups -OCH3 is 2. The first-order valence-corrected chi connectivity index (χ1v) is 6.29. The van der Waals surface area contributed by atoms with E-state index in [9.17, 15) is 0 Å².